The van der Waals surface area contributed by atoms with Crippen LogP contribution in [0.15, 0.2) is 24.0 Å². The second-order valence-electron chi connectivity index (χ2n) is 5.66. The molecule has 0 spiro atoms. The maximum Gasteiger partial charge on any atom is 0.229 e. The van der Waals surface area contributed by atoms with E-state index in [1.807, 2.05) is 29.7 Å². The number of fused-ring (bicyclic) bond motifs is 1. The maximum absolute atomic E-state index is 12.4. The summed E-state index contributed by atoms with van der Waals surface area (Å²) in [7, 11) is 1.88. The summed E-state index contributed by atoms with van der Waals surface area (Å²) in [5.41, 5.74) is 0.922. The van der Waals surface area contributed by atoms with E-state index in [0.29, 0.717) is 12.5 Å². The van der Waals surface area contributed by atoms with E-state index >= 15 is 0 Å². The summed E-state index contributed by atoms with van der Waals surface area (Å²) in [4.78, 5) is 21.1. The molecule has 0 radical (unpaired) electrons. The largest absolute Gasteiger partial charge is 0.305 e. The third-order valence-electron chi connectivity index (χ3n) is 4.40. The molecule has 4 heterocycles. The molecule has 2 aliphatic rings. The summed E-state index contributed by atoms with van der Waals surface area (Å²) in [5, 5.41) is 7.32. The molecule has 21 heavy (non-hydrogen) atoms. The third-order valence-corrected chi connectivity index (χ3v) is 5.16. The number of hydrogen-bond acceptors (Lipinski definition) is 5. The van der Waals surface area contributed by atoms with Gasteiger partial charge < -0.3 is 4.90 Å². The molecule has 1 amide bonds. The topological polar surface area (TPSA) is 54.3 Å². The molecule has 2 saturated heterocycles. The molecule has 0 N–H and O–H groups in total. The van der Waals surface area contributed by atoms with Crippen molar-refractivity contribution < 1.29 is 4.79 Å². The summed E-state index contributed by atoms with van der Waals surface area (Å²) >= 11 is 1.68. The van der Waals surface area contributed by atoms with Gasteiger partial charge in [0.25, 0.3) is 0 Å². The molecule has 2 aliphatic heterocycles. The van der Waals surface area contributed by atoms with Crippen LogP contribution < -0.4 is 4.90 Å². The smallest absolute Gasteiger partial charge is 0.229 e. The average molecular weight is 303 g/mol. The first-order valence-electron chi connectivity index (χ1n) is 7.15. The zero-order valence-electron chi connectivity index (χ0n) is 11.8. The Labute approximate surface area is 127 Å². The van der Waals surface area contributed by atoms with Crippen molar-refractivity contribution >= 4 is 22.9 Å². The van der Waals surface area contributed by atoms with Crippen LogP contribution in [0.5, 0.6) is 0 Å². The normalized spacial score (nSPS) is 25.8. The Hall–Kier alpha value is -1.73. The zero-order valence-corrected chi connectivity index (χ0v) is 12.7. The molecule has 2 atom stereocenters. The van der Waals surface area contributed by atoms with Gasteiger partial charge in [0.1, 0.15) is 5.01 Å². The number of aromatic nitrogens is 3. The lowest BCUT2D eigenvalue weighted by atomic mass is 10.1. The first-order valence-corrected chi connectivity index (χ1v) is 8.03. The number of rotatable bonds is 3. The van der Waals surface area contributed by atoms with E-state index in [4.69, 9.17) is 0 Å². The zero-order chi connectivity index (χ0) is 14.4. The number of carbonyl (C=O) groups excluding carboxylic acids is 1. The Kier molecular flexibility index (Phi) is 3.04. The van der Waals surface area contributed by atoms with Gasteiger partial charge in [-0.2, -0.15) is 5.10 Å². The number of carbonyl (C=O) groups is 1. The van der Waals surface area contributed by atoms with Crippen molar-refractivity contribution in [2.45, 2.75) is 31.5 Å². The quantitative estimate of drug-likeness (QED) is 0.856. The molecule has 4 rings (SSSR count). The molecule has 0 aromatic carbocycles. The van der Waals surface area contributed by atoms with Gasteiger partial charge in [-0.25, -0.2) is 4.98 Å². The predicted octanol–water partition coefficient (Wildman–Crippen LogP) is 1.26. The van der Waals surface area contributed by atoms with Crippen LogP contribution in [0.25, 0.3) is 0 Å². The molecule has 0 unspecified atom stereocenters. The minimum atomic E-state index is 0.210. The van der Waals surface area contributed by atoms with Gasteiger partial charge >= 0.3 is 0 Å². The van der Waals surface area contributed by atoms with Gasteiger partial charge in [0, 0.05) is 43.8 Å². The molecule has 6 nitrogen and oxygen atoms in total. The van der Waals surface area contributed by atoms with Crippen LogP contribution >= 0.6 is 11.3 Å². The SMILES string of the molecule is Cn1cc(N2C(=O)C[C@H]3[C@H]2CCN3Cc2nccs2)cn1. The van der Waals surface area contributed by atoms with Crippen molar-refractivity contribution in [1.82, 2.24) is 19.7 Å². The number of thiazole rings is 1. The molecule has 0 saturated carbocycles. The van der Waals surface area contributed by atoms with Gasteiger partial charge in [-0.15, -0.1) is 11.3 Å². The van der Waals surface area contributed by atoms with Gasteiger partial charge in [-0.3, -0.25) is 14.4 Å². The number of amides is 1. The Morgan fingerprint density at radius 3 is 3.05 bits per heavy atom. The minimum absolute atomic E-state index is 0.210. The van der Waals surface area contributed by atoms with E-state index in [1.54, 1.807) is 22.2 Å². The second kappa shape index (κ2) is 4.92. The fourth-order valence-electron chi connectivity index (χ4n) is 3.50. The lowest BCUT2D eigenvalue weighted by molar-refractivity contribution is -0.117. The first kappa shape index (κ1) is 13.0. The lowest BCUT2D eigenvalue weighted by Crippen LogP contribution is -2.37. The fourth-order valence-corrected chi connectivity index (χ4v) is 4.14. The monoisotopic (exact) mass is 303 g/mol. The molecule has 0 bridgehead atoms. The highest BCUT2D eigenvalue weighted by atomic mass is 32.1. The molecular formula is C14H17N5OS. The lowest BCUT2D eigenvalue weighted by Gasteiger charge is -2.23. The summed E-state index contributed by atoms with van der Waals surface area (Å²) in [5.74, 6) is 0.210. The second-order valence-corrected chi connectivity index (χ2v) is 6.64. The van der Waals surface area contributed by atoms with Crippen LogP contribution in [0.2, 0.25) is 0 Å². The number of anilines is 1. The Morgan fingerprint density at radius 2 is 2.33 bits per heavy atom. The van der Waals surface area contributed by atoms with Crippen molar-refractivity contribution in [3.8, 4) is 0 Å². The predicted molar refractivity (Wildman–Crippen MR) is 80.0 cm³/mol. The van der Waals surface area contributed by atoms with E-state index in [9.17, 15) is 4.79 Å². The molecule has 2 fully saturated rings. The molecule has 0 aliphatic carbocycles. The van der Waals surface area contributed by atoms with Gasteiger partial charge in [-0.1, -0.05) is 0 Å². The summed E-state index contributed by atoms with van der Waals surface area (Å²) < 4.78 is 1.75. The number of likely N-dealkylation sites (tertiary alicyclic amines) is 1. The van der Waals surface area contributed by atoms with Gasteiger partial charge in [0.2, 0.25) is 5.91 Å². The van der Waals surface area contributed by atoms with Crippen molar-refractivity contribution in [3.63, 3.8) is 0 Å². The highest BCUT2D eigenvalue weighted by Gasteiger charge is 2.47. The van der Waals surface area contributed by atoms with Gasteiger partial charge in [0.15, 0.2) is 0 Å². The Balaban J connectivity index is 1.55. The number of aryl methyl sites for hydroxylation is 1. The van der Waals surface area contributed by atoms with E-state index in [-0.39, 0.29) is 11.9 Å². The van der Waals surface area contributed by atoms with E-state index in [1.165, 1.54) is 0 Å². The minimum Gasteiger partial charge on any atom is -0.305 e. The van der Waals surface area contributed by atoms with Crippen LogP contribution in [0.4, 0.5) is 5.69 Å². The van der Waals surface area contributed by atoms with Crippen molar-refractivity contribution in [2.75, 3.05) is 11.4 Å². The van der Waals surface area contributed by atoms with Crippen LogP contribution in [-0.2, 0) is 18.4 Å². The summed E-state index contributed by atoms with van der Waals surface area (Å²) in [6.45, 7) is 1.88. The number of hydrogen-bond donors (Lipinski definition) is 0. The molecule has 7 heteroatoms. The van der Waals surface area contributed by atoms with Gasteiger partial charge in [-0.05, 0) is 6.42 Å². The highest BCUT2D eigenvalue weighted by Crippen LogP contribution is 2.36. The van der Waals surface area contributed by atoms with E-state index < -0.39 is 0 Å². The van der Waals surface area contributed by atoms with Crippen LogP contribution in [0, 0.1) is 0 Å². The van der Waals surface area contributed by atoms with Crippen molar-refractivity contribution in [1.29, 1.82) is 0 Å². The number of nitrogens with zero attached hydrogens (tertiary/aromatic N) is 5. The van der Waals surface area contributed by atoms with Crippen molar-refractivity contribution in [3.05, 3.63) is 29.0 Å². The first-order chi connectivity index (χ1) is 10.2. The van der Waals surface area contributed by atoms with E-state index in [2.05, 4.69) is 15.0 Å². The summed E-state index contributed by atoms with van der Waals surface area (Å²) in [6, 6.07) is 0.586. The van der Waals surface area contributed by atoms with E-state index in [0.717, 1.165) is 30.2 Å². The van der Waals surface area contributed by atoms with Crippen molar-refractivity contribution in [2.24, 2.45) is 7.05 Å². The fraction of sp³-hybridized carbons (Fsp3) is 0.500. The molecule has 2 aromatic heterocycles. The van der Waals surface area contributed by atoms with Crippen LogP contribution in [0.3, 0.4) is 0 Å². The van der Waals surface area contributed by atoms with Gasteiger partial charge in [0.05, 0.1) is 24.5 Å². The van der Waals surface area contributed by atoms with Crippen LogP contribution in [-0.4, -0.2) is 44.2 Å². The molecule has 110 valence electrons. The van der Waals surface area contributed by atoms with Crippen LogP contribution in [0.1, 0.15) is 17.8 Å². The average Bonchev–Trinajstić information content (AvgIpc) is 3.18. The standard InChI is InChI=1S/C14H17N5OS/c1-17-8-10(7-16-17)19-11-2-4-18(12(11)6-14(19)20)9-13-15-3-5-21-13/h3,5,7-8,11-12H,2,4,6,9H2,1H3/t11-,12+/m1/s1. The maximum atomic E-state index is 12.4. The molecular weight excluding hydrogens is 286 g/mol. The molecule has 2 aromatic rings. The highest BCUT2D eigenvalue weighted by molar-refractivity contribution is 7.09. The Morgan fingerprint density at radius 1 is 1.43 bits per heavy atom. The Bertz CT molecular complexity index is 652. The third kappa shape index (κ3) is 2.16. The summed E-state index contributed by atoms with van der Waals surface area (Å²) in [6.07, 6.45) is 7.17.